The number of hydrogen-bond acceptors (Lipinski definition) is 1. The van der Waals surface area contributed by atoms with E-state index in [1.807, 2.05) is 0 Å². The van der Waals surface area contributed by atoms with Crippen LogP contribution in [0.5, 0.6) is 0 Å². The third-order valence-electron chi connectivity index (χ3n) is 0. The van der Waals surface area contributed by atoms with Gasteiger partial charge in [0, 0.05) is 74.8 Å². The molecule has 1 N–H and O–H groups in total. The molecule has 0 aromatic rings. The quantitative estimate of drug-likeness (QED) is 0.325. The fraction of sp³-hybridized carbons (Fsp3) is 0. The summed E-state index contributed by atoms with van der Waals surface area (Å²) in [6.07, 6.45) is 0. The predicted octanol–water partition coefficient (Wildman–Crippen LogP) is -0.833. The van der Waals surface area contributed by atoms with Crippen molar-refractivity contribution in [3.8, 4) is 0 Å². The minimum Gasteiger partial charge on any atom is -0.870 e. The zero-order valence-corrected chi connectivity index (χ0v) is 17.1. The van der Waals surface area contributed by atoms with Crippen molar-refractivity contribution in [2.75, 3.05) is 0 Å². The van der Waals surface area contributed by atoms with E-state index in [4.69, 9.17) is 0 Å². The summed E-state index contributed by atoms with van der Waals surface area (Å²) < 4.78 is 0. The Hall–Kier alpha value is 4.01. The molecule has 1 radical (unpaired) electrons. The molecule has 0 amide bonds. The fourth-order valence-electron chi connectivity index (χ4n) is 0. The van der Waals surface area contributed by atoms with Crippen molar-refractivity contribution in [3.63, 3.8) is 0 Å². The maximum Gasteiger partial charge on any atom is 0 e. The van der Waals surface area contributed by atoms with Crippen molar-refractivity contribution in [2.24, 2.45) is 0 Å². The molecule has 0 spiro atoms. The van der Waals surface area contributed by atoms with Crippen LogP contribution in [-0.4, -0.2) is 54.4 Å². The Morgan fingerprint density at radius 1 is 1.00 bits per heavy atom. The Kier molecular flexibility index (Phi) is 176. The number of hydrogen-bond donors (Lipinski definition) is 0. The first-order valence-electron chi connectivity index (χ1n) is 0. The van der Waals surface area contributed by atoms with E-state index < -0.39 is 0 Å². The zero-order valence-electron chi connectivity index (χ0n) is 2.75. The van der Waals surface area contributed by atoms with Crippen LogP contribution in [0.4, 0.5) is 0 Å². The van der Waals surface area contributed by atoms with E-state index >= 15 is 0 Å². The van der Waals surface area contributed by atoms with Gasteiger partial charge in [-0.25, -0.2) is 0 Å². The molecule has 0 rings (SSSR count). The molecule has 0 heterocycles. The van der Waals surface area contributed by atoms with Gasteiger partial charge in [-0.05, 0) is 0 Å². The molecule has 0 atom stereocenters. The second-order valence-electron chi connectivity index (χ2n) is 0. The van der Waals surface area contributed by atoms with Gasteiger partial charge in [-0.1, -0.05) is 0 Å². The summed E-state index contributed by atoms with van der Waals surface area (Å²) in [5.74, 6) is 0. The summed E-state index contributed by atoms with van der Waals surface area (Å²) >= 11 is 0. The molecule has 5 heteroatoms. The Balaban J connectivity index is 0. The molecule has 0 aliphatic carbocycles. The molecule has 0 aromatic heterocycles. The minimum atomic E-state index is 0. The Labute approximate surface area is 126 Å². The van der Waals surface area contributed by atoms with Crippen molar-refractivity contribution >= 4 is 48.9 Å². The van der Waals surface area contributed by atoms with Gasteiger partial charge in [-0.3, -0.25) is 0 Å². The van der Waals surface area contributed by atoms with Gasteiger partial charge < -0.3 is 5.48 Å². The molecule has 0 saturated heterocycles. The van der Waals surface area contributed by atoms with Gasteiger partial charge in [0.2, 0.25) is 0 Å². The first-order chi connectivity index (χ1) is 0. The van der Waals surface area contributed by atoms with Gasteiger partial charge in [0.15, 0.2) is 0 Å². The Morgan fingerprint density at radius 2 is 1.00 bits per heavy atom. The van der Waals surface area contributed by atoms with Crippen LogP contribution in [0.2, 0.25) is 0 Å². The zero-order chi connectivity index (χ0) is 0. The third-order valence-corrected chi connectivity index (χ3v) is 0. The maximum absolute atomic E-state index is 0. The normalized spacial score (nSPS) is 0. The summed E-state index contributed by atoms with van der Waals surface area (Å²) in [6.45, 7) is 0. The van der Waals surface area contributed by atoms with Gasteiger partial charge in [0.25, 0.3) is 0 Å². The van der Waals surface area contributed by atoms with Gasteiger partial charge in [-0.2, -0.15) is 0 Å². The maximum atomic E-state index is 0. The topological polar surface area (TPSA) is 30.0 Å². The molecule has 0 saturated carbocycles. The van der Waals surface area contributed by atoms with Crippen LogP contribution in [0.15, 0.2) is 0 Å². The average molecular weight is 623 g/mol. The molecular weight excluding hydrogens is 621 g/mol. The molecule has 0 fully saturated rings. The van der Waals surface area contributed by atoms with Crippen LogP contribution < -0.4 is 0 Å². The molecule has 1 nitrogen and oxygen atoms in total. The van der Waals surface area contributed by atoms with Gasteiger partial charge in [-0.15, -0.1) is 0 Å². The van der Waals surface area contributed by atoms with Gasteiger partial charge >= 0.3 is 48.9 Å². The Morgan fingerprint density at radius 3 is 1.00 bits per heavy atom. The van der Waals surface area contributed by atoms with E-state index in [0.29, 0.717) is 0 Å². The standard InChI is InChI=1S/Ba.H2O.Pt.W.Y.H/h;1H2;;;;/q+1;;;;;/p-1. The summed E-state index contributed by atoms with van der Waals surface area (Å²) in [6, 6.07) is 0. The molecule has 0 bridgehead atoms. The second-order valence-corrected chi connectivity index (χ2v) is 0. The fourth-order valence-corrected chi connectivity index (χ4v) is 0. The van der Waals surface area contributed by atoms with Crippen LogP contribution in [-0.2, 0) is 74.8 Å². The predicted molar refractivity (Wildman–Crippen MR) is 9.08 cm³/mol. The van der Waals surface area contributed by atoms with Crippen LogP contribution >= 0.6 is 0 Å². The summed E-state index contributed by atoms with van der Waals surface area (Å²) in [5.41, 5.74) is 0. The minimum absolute atomic E-state index is 0. The van der Waals surface area contributed by atoms with Gasteiger partial charge in [0.05, 0.1) is 0 Å². The van der Waals surface area contributed by atoms with Crippen LogP contribution in [0.3, 0.4) is 0 Å². The first-order valence-corrected chi connectivity index (χ1v) is 0. The third kappa shape index (κ3) is 18.0. The van der Waals surface area contributed by atoms with Crippen LogP contribution in [0.1, 0.15) is 0 Å². The monoisotopic (exact) mass is 624 g/mol. The van der Waals surface area contributed by atoms with Crippen molar-refractivity contribution in [2.45, 2.75) is 0 Å². The second kappa shape index (κ2) is 24.5. The van der Waals surface area contributed by atoms with E-state index in [0.717, 1.165) is 0 Å². The molecule has 5 heavy (non-hydrogen) atoms. The SMILES string of the molecule is [BaH+].[OH-].[Pt].[W].[Y]. The van der Waals surface area contributed by atoms with Crippen LogP contribution in [0.25, 0.3) is 0 Å². The summed E-state index contributed by atoms with van der Waals surface area (Å²) in [5, 5.41) is 0. The van der Waals surface area contributed by atoms with E-state index in [1.54, 1.807) is 0 Å². The Bertz CT molecular complexity index is 11.6. The summed E-state index contributed by atoms with van der Waals surface area (Å²) in [7, 11) is 0. The van der Waals surface area contributed by atoms with Crippen molar-refractivity contribution in [1.82, 2.24) is 0 Å². The average Bonchev–Trinajstić information content (AvgIpc) is 0. The van der Waals surface area contributed by atoms with E-state index in [2.05, 4.69) is 0 Å². The number of rotatable bonds is 0. The smallest absolute Gasteiger partial charge is 0 e. The van der Waals surface area contributed by atoms with Crippen molar-refractivity contribution in [1.29, 1.82) is 0 Å². The van der Waals surface area contributed by atoms with Crippen LogP contribution in [0, 0.1) is 0 Å². The molecule has 29 valence electrons. The van der Waals surface area contributed by atoms with Gasteiger partial charge in [0.1, 0.15) is 0 Å². The molecular formula is H2BaOPtWY. The van der Waals surface area contributed by atoms with Crippen molar-refractivity contribution < 1.29 is 80.3 Å². The van der Waals surface area contributed by atoms with E-state index in [1.165, 1.54) is 0 Å². The largest absolute Gasteiger partial charge is 0.870 e. The van der Waals surface area contributed by atoms with E-state index in [9.17, 15) is 0 Å². The summed E-state index contributed by atoms with van der Waals surface area (Å²) in [4.78, 5) is 0. The van der Waals surface area contributed by atoms with Crippen molar-refractivity contribution in [3.05, 3.63) is 0 Å². The molecule has 0 aromatic carbocycles. The van der Waals surface area contributed by atoms with E-state index in [-0.39, 0.29) is 129 Å². The molecule has 0 aliphatic rings. The molecule has 0 aliphatic heterocycles. The molecule has 0 unspecified atom stereocenters. The first kappa shape index (κ1) is 35.9.